The van der Waals surface area contributed by atoms with Gasteiger partial charge in [0.15, 0.2) is 0 Å². The fraction of sp³-hybridized carbons (Fsp3) is 0.364. The molecular weight excluding hydrogens is 444 g/mol. The number of hydrogen-bond donors (Lipinski definition) is 3. The number of hydrogen-bond acceptors (Lipinski definition) is 4. The SMILES string of the molecule is CC(C)Oc1cc(NC(=O)N2CCC[C@H]2CO)c(F)cc1C(=O)Nc1c(F)cccc1Cl. The molecule has 172 valence electrons. The number of aliphatic hydroxyl groups excluding tert-OH is 1. The minimum absolute atomic E-state index is 0.00166. The Kier molecular flexibility index (Phi) is 7.52. The first-order chi connectivity index (χ1) is 15.2. The minimum atomic E-state index is -0.876. The second kappa shape index (κ2) is 10.1. The quantitative estimate of drug-likeness (QED) is 0.577. The molecule has 7 nitrogen and oxygen atoms in total. The maximum Gasteiger partial charge on any atom is 0.322 e. The third kappa shape index (κ3) is 5.28. The highest BCUT2D eigenvalue weighted by Gasteiger charge is 2.29. The van der Waals surface area contributed by atoms with E-state index in [1.54, 1.807) is 13.8 Å². The summed E-state index contributed by atoms with van der Waals surface area (Å²) in [4.78, 5) is 26.8. The maximum atomic E-state index is 14.8. The highest BCUT2D eigenvalue weighted by Crippen LogP contribution is 2.31. The summed E-state index contributed by atoms with van der Waals surface area (Å²) in [6.45, 7) is 3.69. The van der Waals surface area contributed by atoms with Crippen molar-refractivity contribution in [2.75, 3.05) is 23.8 Å². The van der Waals surface area contributed by atoms with Gasteiger partial charge in [-0.25, -0.2) is 13.6 Å². The molecule has 1 atom stereocenters. The molecule has 1 aliphatic heterocycles. The zero-order valence-corrected chi connectivity index (χ0v) is 18.4. The number of amides is 3. The number of para-hydroxylation sites is 1. The summed E-state index contributed by atoms with van der Waals surface area (Å²) in [5.41, 5.74) is -0.617. The summed E-state index contributed by atoms with van der Waals surface area (Å²) in [6.07, 6.45) is 1.02. The van der Waals surface area contributed by atoms with Crippen LogP contribution in [0.5, 0.6) is 5.75 Å². The molecule has 1 aliphatic rings. The van der Waals surface area contributed by atoms with Crippen molar-refractivity contribution in [1.82, 2.24) is 4.90 Å². The van der Waals surface area contributed by atoms with E-state index in [9.17, 15) is 23.5 Å². The molecule has 0 saturated carbocycles. The fourth-order valence-corrected chi connectivity index (χ4v) is 3.67. The molecule has 0 aromatic heterocycles. The van der Waals surface area contributed by atoms with E-state index in [1.165, 1.54) is 23.1 Å². The normalized spacial score (nSPS) is 15.7. The molecule has 3 N–H and O–H groups in total. The fourth-order valence-electron chi connectivity index (χ4n) is 3.46. The van der Waals surface area contributed by atoms with Crippen LogP contribution >= 0.6 is 11.6 Å². The summed E-state index contributed by atoms with van der Waals surface area (Å²) in [6, 6.07) is 5.14. The van der Waals surface area contributed by atoms with E-state index in [1.807, 2.05) is 0 Å². The number of nitrogens with one attached hydrogen (secondary N) is 2. The van der Waals surface area contributed by atoms with Crippen LogP contribution < -0.4 is 15.4 Å². The number of carbonyl (C=O) groups is 2. The Morgan fingerprint density at radius 2 is 2.00 bits per heavy atom. The third-order valence-electron chi connectivity index (χ3n) is 4.97. The number of carbonyl (C=O) groups excluding carboxylic acids is 2. The van der Waals surface area contributed by atoms with E-state index in [2.05, 4.69) is 10.6 Å². The summed E-state index contributed by atoms with van der Waals surface area (Å²) in [7, 11) is 0. The summed E-state index contributed by atoms with van der Waals surface area (Å²) in [5.74, 6) is -2.45. The van der Waals surface area contributed by atoms with Gasteiger partial charge in [0.25, 0.3) is 5.91 Å². The van der Waals surface area contributed by atoms with E-state index >= 15 is 0 Å². The minimum Gasteiger partial charge on any atom is -0.490 e. The van der Waals surface area contributed by atoms with Gasteiger partial charge < -0.3 is 25.4 Å². The molecular formula is C22H24ClF2N3O4. The summed E-state index contributed by atoms with van der Waals surface area (Å²) >= 11 is 5.95. The lowest BCUT2D eigenvalue weighted by Gasteiger charge is -2.24. The number of urea groups is 1. The van der Waals surface area contributed by atoms with Gasteiger partial charge in [-0.1, -0.05) is 17.7 Å². The predicted octanol–water partition coefficient (Wildman–Crippen LogP) is 4.65. The average Bonchev–Trinajstić information content (AvgIpc) is 3.21. The highest BCUT2D eigenvalue weighted by molar-refractivity contribution is 6.34. The van der Waals surface area contributed by atoms with E-state index in [0.717, 1.165) is 18.6 Å². The Bertz CT molecular complexity index is 999. The van der Waals surface area contributed by atoms with Crippen molar-refractivity contribution in [3.63, 3.8) is 0 Å². The summed E-state index contributed by atoms with van der Waals surface area (Å²) < 4.78 is 34.5. The standard InChI is InChI=1S/C22H24ClF2N3O4/c1-12(2)32-19-10-18(26-22(31)28-8-4-5-13(28)11-29)17(25)9-14(19)21(30)27-20-15(23)6-3-7-16(20)24/h3,6-7,9-10,12-13,29H,4-5,8,11H2,1-2H3,(H,26,31)(H,27,30)/t13-/m0/s1. The van der Waals surface area contributed by atoms with Gasteiger partial charge in [0.2, 0.25) is 0 Å². The molecule has 10 heteroatoms. The van der Waals surface area contributed by atoms with Crippen molar-refractivity contribution in [3.8, 4) is 5.75 Å². The van der Waals surface area contributed by atoms with Gasteiger partial charge in [0.1, 0.15) is 17.4 Å². The van der Waals surface area contributed by atoms with Crippen LogP contribution in [0.1, 0.15) is 37.0 Å². The van der Waals surface area contributed by atoms with E-state index in [4.69, 9.17) is 16.3 Å². The van der Waals surface area contributed by atoms with Crippen molar-refractivity contribution in [3.05, 3.63) is 52.6 Å². The molecule has 3 rings (SSSR count). The first-order valence-electron chi connectivity index (χ1n) is 10.1. The van der Waals surface area contributed by atoms with Crippen molar-refractivity contribution in [2.45, 2.75) is 38.8 Å². The van der Waals surface area contributed by atoms with Crippen LogP contribution in [-0.4, -0.2) is 47.2 Å². The van der Waals surface area contributed by atoms with Crippen LogP contribution in [-0.2, 0) is 0 Å². The highest BCUT2D eigenvalue weighted by atomic mass is 35.5. The number of likely N-dealkylation sites (tertiary alicyclic amines) is 1. The number of anilines is 2. The zero-order valence-electron chi connectivity index (χ0n) is 17.6. The first-order valence-corrected chi connectivity index (χ1v) is 10.5. The number of rotatable bonds is 6. The maximum absolute atomic E-state index is 14.8. The molecule has 1 fully saturated rings. The lowest BCUT2D eigenvalue weighted by molar-refractivity contribution is 0.102. The van der Waals surface area contributed by atoms with Gasteiger partial charge in [-0.15, -0.1) is 0 Å². The van der Waals surface area contributed by atoms with Gasteiger partial charge in [-0.05, 0) is 44.9 Å². The molecule has 0 bridgehead atoms. The molecule has 0 radical (unpaired) electrons. The summed E-state index contributed by atoms with van der Waals surface area (Å²) in [5, 5.41) is 14.2. The van der Waals surface area contributed by atoms with E-state index < -0.39 is 23.6 Å². The zero-order chi connectivity index (χ0) is 23.4. The molecule has 1 saturated heterocycles. The van der Waals surface area contributed by atoms with Crippen LogP contribution in [0.3, 0.4) is 0 Å². The van der Waals surface area contributed by atoms with Gasteiger partial charge in [0, 0.05) is 12.6 Å². The monoisotopic (exact) mass is 467 g/mol. The van der Waals surface area contributed by atoms with Crippen molar-refractivity contribution in [2.24, 2.45) is 0 Å². The lowest BCUT2D eigenvalue weighted by atomic mass is 10.1. The molecule has 0 spiro atoms. The topological polar surface area (TPSA) is 90.9 Å². The number of halogens is 3. The van der Waals surface area contributed by atoms with Crippen LogP contribution in [0.25, 0.3) is 0 Å². The Labute approximate surface area is 189 Å². The largest absolute Gasteiger partial charge is 0.490 e. The van der Waals surface area contributed by atoms with Crippen molar-refractivity contribution in [1.29, 1.82) is 0 Å². The second-order valence-electron chi connectivity index (χ2n) is 7.65. The van der Waals surface area contributed by atoms with Crippen LogP contribution in [0, 0.1) is 11.6 Å². The van der Waals surface area contributed by atoms with Gasteiger partial charge in [-0.3, -0.25) is 4.79 Å². The van der Waals surface area contributed by atoms with Gasteiger partial charge >= 0.3 is 6.03 Å². The van der Waals surface area contributed by atoms with Gasteiger partial charge in [-0.2, -0.15) is 0 Å². The number of ether oxygens (including phenoxy) is 1. The Morgan fingerprint density at radius 3 is 2.66 bits per heavy atom. The van der Waals surface area contributed by atoms with E-state index in [0.29, 0.717) is 13.0 Å². The Balaban J connectivity index is 1.89. The van der Waals surface area contributed by atoms with Crippen molar-refractivity contribution >= 4 is 34.9 Å². The molecule has 3 amide bonds. The molecule has 0 aliphatic carbocycles. The third-order valence-corrected chi connectivity index (χ3v) is 5.28. The second-order valence-corrected chi connectivity index (χ2v) is 8.05. The molecule has 0 unspecified atom stereocenters. The molecule has 2 aromatic rings. The Hall–Kier alpha value is -2.91. The van der Waals surface area contributed by atoms with Crippen LogP contribution in [0.2, 0.25) is 5.02 Å². The molecule has 32 heavy (non-hydrogen) atoms. The van der Waals surface area contributed by atoms with Crippen LogP contribution in [0.4, 0.5) is 25.0 Å². The molecule has 1 heterocycles. The number of benzene rings is 2. The van der Waals surface area contributed by atoms with Gasteiger partial charge in [0.05, 0.1) is 40.7 Å². The average molecular weight is 468 g/mol. The lowest BCUT2D eigenvalue weighted by Crippen LogP contribution is -2.40. The smallest absolute Gasteiger partial charge is 0.322 e. The molecule has 2 aromatic carbocycles. The van der Waals surface area contributed by atoms with E-state index in [-0.39, 0.29) is 46.5 Å². The number of aliphatic hydroxyl groups is 1. The first kappa shape index (κ1) is 23.7. The van der Waals surface area contributed by atoms with Crippen LogP contribution in [0.15, 0.2) is 30.3 Å². The Morgan fingerprint density at radius 1 is 1.25 bits per heavy atom. The predicted molar refractivity (Wildman–Crippen MR) is 117 cm³/mol. The number of nitrogens with zero attached hydrogens (tertiary/aromatic N) is 1. The van der Waals surface area contributed by atoms with Crippen molar-refractivity contribution < 1.29 is 28.2 Å².